The zero-order valence-electron chi connectivity index (χ0n) is 18.5. The number of amides is 1. The Bertz CT molecular complexity index is 1280. The fourth-order valence-corrected chi connectivity index (χ4v) is 5.13. The maximum absolute atomic E-state index is 13.1. The summed E-state index contributed by atoms with van der Waals surface area (Å²) in [4.78, 5) is 15.0. The quantitative estimate of drug-likeness (QED) is 0.335. The second-order valence-electron chi connectivity index (χ2n) is 7.98. The highest BCUT2D eigenvalue weighted by molar-refractivity contribution is 7.92. The molecular formula is C25H27ClN4O3S. The summed E-state index contributed by atoms with van der Waals surface area (Å²) >= 11 is 0. The highest BCUT2D eigenvalue weighted by Gasteiger charge is 2.25. The number of hydrogen-bond donors (Lipinski definition) is 3. The van der Waals surface area contributed by atoms with Crippen molar-refractivity contribution in [2.45, 2.75) is 30.6 Å². The second kappa shape index (κ2) is 10.7. The Balaban J connectivity index is 0.00000324. The first kappa shape index (κ1) is 25.3. The van der Waals surface area contributed by atoms with E-state index in [1.807, 2.05) is 18.2 Å². The predicted octanol–water partition coefficient (Wildman–Crippen LogP) is 4.11. The van der Waals surface area contributed by atoms with Gasteiger partial charge in [0.05, 0.1) is 10.6 Å². The van der Waals surface area contributed by atoms with E-state index in [1.54, 1.807) is 59.5 Å². The molecule has 0 saturated heterocycles. The number of carbonyl (C=O) groups excluding carboxylic acids is 1. The molecule has 4 rings (SSSR count). The number of anilines is 2. The van der Waals surface area contributed by atoms with Gasteiger partial charge in [-0.05, 0) is 49.1 Å². The Morgan fingerprint density at radius 2 is 1.71 bits per heavy atom. The van der Waals surface area contributed by atoms with E-state index < -0.39 is 10.0 Å². The fraction of sp³-hybridized carbons (Fsp3) is 0.200. The lowest BCUT2D eigenvalue weighted by atomic mass is 9.99. The van der Waals surface area contributed by atoms with Crippen molar-refractivity contribution in [3.05, 3.63) is 89.5 Å². The molecule has 1 heterocycles. The van der Waals surface area contributed by atoms with Gasteiger partial charge in [-0.3, -0.25) is 14.9 Å². The van der Waals surface area contributed by atoms with Gasteiger partial charge in [-0.25, -0.2) is 8.42 Å². The molecule has 0 aliphatic carbocycles. The van der Waals surface area contributed by atoms with Crippen LogP contribution in [-0.2, 0) is 27.7 Å². The SMILES string of the molecule is Cl.N=C(N)c1ccc(CCC(=O)N2CCCc3c(NS(=O)(=O)c4ccccc4)cccc32)cc1. The number of nitrogens with one attached hydrogen (secondary N) is 2. The van der Waals surface area contributed by atoms with Gasteiger partial charge in [0.1, 0.15) is 5.84 Å². The van der Waals surface area contributed by atoms with Gasteiger partial charge in [-0.2, -0.15) is 0 Å². The fourth-order valence-electron chi connectivity index (χ4n) is 4.02. The van der Waals surface area contributed by atoms with Crippen molar-refractivity contribution in [1.29, 1.82) is 5.41 Å². The van der Waals surface area contributed by atoms with Crippen LogP contribution in [0.1, 0.15) is 29.5 Å². The molecule has 0 radical (unpaired) electrons. The number of sulfonamides is 1. The molecule has 0 fully saturated rings. The molecule has 1 aliphatic heterocycles. The molecule has 0 spiro atoms. The number of nitrogens with two attached hydrogens (primary N) is 1. The number of nitrogen functional groups attached to an aromatic ring is 1. The lowest BCUT2D eigenvalue weighted by Crippen LogP contribution is -2.36. The van der Waals surface area contributed by atoms with E-state index in [1.165, 1.54) is 0 Å². The van der Waals surface area contributed by atoms with Crippen LogP contribution < -0.4 is 15.4 Å². The molecule has 1 aliphatic rings. The van der Waals surface area contributed by atoms with Crippen LogP contribution >= 0.6 is 12.4 Å². The van der Waals surface area contributed by atoms with Gasteiger partial charge in [0.15, 0.2) is 0 Å². The molecule has 1 amide bonds. The van der Waals surface area contributed by atoms with Crippen LogP contribution in [0.4, 0.5) is 11.4 Å². The van der Waals surface area contributed by atoms with Crippen molar-refractivity contribution in [1.82, 2.24) is 0 Å². The van der Waals surface area contributed by atoms with Crippen molar-refractivity contribution in [3.8, 4) is 0 Å². The molecular weight excluding hydrogens is 472 g/mol. The first-order valence-corrected chi connectivity index (χ1v) is 12.3. The van der Waals surface area contributed by atoms with Crippen molar-refractivity contribution < 1.29 is 13.2 Å². The van der Waals surface area contributed by atoms with Crippen molar-refractivity contribution in [2.24, 2.45) is 5.73 Å². The number of halogens is 1. The molecule has 3 aromatic rings. The van der Waals surface area contributed by atoms with Crippen LogP contribution in [0.25, 0.3) is 0 Å². The van der Waals surface area contributed by atoms with Crippen molar-refractivity contribution in [3.63, 3.8) is 0 Å². The minimum atomic E-state index is -3.72. The minimum absolute atomic E-state index is 0. The van der Waals surface area contributed by atoms with E-state index in [-0.39, 0.29) is 29.0 Å². The standard InChI is InChI=1S/C25H26N4O3S.ClH/c26-25(27)19-14-11-18(12-15-19)13-16-24(30)29-17-5-8-21-22(9-4-10-23(21)29)28-33(31,32)20-6-2-1-3-7-20;/h1-4,6-7,9-12,14-15,28H,5,8,13,16-17H2,(H3,26,27);1H. The van der Waals surface area contributed by atoms with E-state index in [0.717, 1.165) is 23.2 Å². The second-order valence-corrected chi connectivity index (χ2v) is 9.66. The van der Waals surface area contributed by atoms with Crippen LogP contribution in [0.5, 0.6) is 0 Å². The normalized spacial score (nSPS) is 12.9. The van der Waals surface area contributed by atoms with E-state index in [9.17, 15) is 13.2 Å². The first-order chi connectivity index (χ1) is 15.8. The van der Waals surface area contributed by atoms with Gasteiger partial charge >= 0.3 is 0 Å². The Morgan fingerprint density at radius 3 is 2.38 bits per heavy atom. The third-order valence-electron chi connectivity index (χ3n) is 5.74. The summed E-state index contributed by atoms with van der Waals surface area (Å²) in [5.74, 6) is 0.0101. The maximum Gasteiger partial charge on any atom is 0.261 e. The smallest absolute Gasteiger partial charge is 0.261 e. The summed E-state index contributed by atoms with van der Waals surface area (Å²) in [6.45, 7) is 0.601. The highest BCUT2D eigenvalue weighted by atomic mass is 35.5. The molecule has 0 bridgehead atoms. The summed E-state index contributed by atoms with van der Waals surface area (Å²) < 4.78 is 28.3. The molecule has 7 nitrogen and oxygen atoms in total. The van der Waals surface area contributed by atoms with Crippen molar-refractivity contribution >= 4 is 45.5 Å². The summed E-state index contributed by atoms with van der Waals surface area (Å²) in [6, 6.07) is 20.9. The third-order valence-corrected chi connectivity index (χ3v) is 7.12. The monoisotopic (exact) mass is 498 g/mol. The zero-order chi connectivity index (χ0) is 23.4. The number of fused-ring (bicyclic) bond motifs is 1. The van der Waals surface area contributed by atoms with E-state index in [2.05, 4.69) is 4.72 Å². The Morgan fingerprint density at radius 1 is 1.00 bits per heavy atom. The number of benzene rings is 3. The maximum atomic E-state index is 13.1. The van der Waals surface area contributed by atoms with Crippen LogP contribution in [0.3, 0.4) is 0 Å². The van der Waals surface area contributed by atoms with Gasteiger partial charge in [-0.15, -0.1) is 12.4 Å². The van der Waals surface area contributed by atoms with E-state index >= 15 is 0 Å². The van der Waals surface area contributed by atoms with Crippen molar-refractivity contribution in [2.75, 3.05) is 16.2 Å². The van der Waals surface area contributed by atoms with Gasteiger partial charge in [0, 0.05) is 29.8 Å². The summed E-state index contributed by atoms with van der Waals surface area (Å²) in [7, 11) is -3.72. The molecule has 3 aromatic carbocycles. The van der Waals surface area contributed by atoms with E-state index in [0.29, 0.717) is 37.1 Å². The number of hydrogen-bond acceptors (Lipinski definition) is 4. The van der Waals surface area contributed by atoms with Gasteiger partial charge in [0.25, 0.3) is 10.0 Å². The Kier molecular flexibility index (Phi) is 7.96. The number of aryl methyl sites for hydroxylation is 1. The third kappa shape index (κ3) is 5.58. The van der Waals surface area contributed by atoms with E-state index in [4.69, 9.17) is 11.1 Å². The number of nitrogens with zero attached hydrogens (tertiary/aromatic N) is 1. The first-order valence-electron chi connectivity index (χ1n) is 10.8. The average Bonchev–Trinajstić information content (AvgIpc) is 2.83. The summed E-state index contributed by atoms with van der Waals surface area (Å²) in [6.07, 6.45) is 2.36. The molecule has 178 valence electrons. The molecule has 0 aromatic heterocycles. The number of amidine groups is 1. The lowest BCUT2D eigenvalue weighted by Gasteiger charge is -2.31. The van der Waals surface area contributed by atoms with Crippen LogP contribution in [0, 0.1) is 5.41 Å². The Labute approximate surface area is 206 Å². The lowest BCUT2D eigenvalue weighted by molar-refractivity contribution is -0.118. The molecule has 9 heteroatoms. The Hall–Kier alpha value is -3.36. The minimum Gasteiger partial charge on any atom is -0.384 e. The van der Waals surface area contributed by atoms with Crippen LogP contribution in [-0.4, -0.2) is 26.7 Å². The molecule has 34 heavy (non-hydrogen) atoms. The number of carbonyl (C=O) groups is 1. The molecule has 0 atom stereocenters. The van der Waals surface area contributed by atoms with Crippen LogP contribution in [0.15, 0.2) is 77.7 Å². The van der Waals surface area contributed by atoms with Gasteiger partial charge < -0.3 is 10.6 Å². The molecule has 0 unspecified atom stereocenters. The zero-order valence-corrected chi connectivity index (χ0v) is 20.2. The van der Waals surface area contributed by atoms with Gasteiger partial charge in [-0.1, -0.05) is 48.5 Å². The number of rotatable bonds is 7. The summed E-state index contributed by atoms with van der Waals surface area (Å²) in [5.41, 5.74) is 9.24. The summed E-state index contributed by atoms with van der Waals surface area (Å²) in [5, 5.41) is 7.47. The van der Waals surface area contributed by atoms with Crippen LogP contribution in [0.2, 0.25) is 0 Å². The topological polar surface area (TPSA) is 116 Å². The predicted molar refractivity (Wildman–Crippen MR) is 137 cm³/mol. The average molecular weight is 499 g/mol. The largest absolute Gasteiger partial charge is 0.384 e. The van der Waals surface area contributed by atoms with Gasteiger partial charge in [0.2, 0.25) is 5.91 Å². The highest BCUT2D eigenvalue weighted by Crippen LogP contribution is 2.34. The molecule has 4 N–H and O–H groups in total. The molecule has 0 saturated carbocycles.